The van der Waals surface area contributed by atoms with Gasteiger partial charge in [0.2, 0.25) is 0 Å². The van der Waals surface area contributed by atoms with Crippen LogP contribution >= 0.6 is 0 Å². The van der Waals surface area contributed by atoms with Crippen molar-refractivity contribution in [2.24, 2.45) is 0 Å². The highest BCUT2D eigenvalue weighted by Crippen LogP contribution is 2.36. The third-order valence-corrected chi connectivity index (χ3v) is 5.66. The largest absolute Gasteiger partial charge is 0.296 e. The van der Waals surface area contributed by atoms with Gasteiger partial charge in [-0.3, -0.25) is 13.7 Å². The molecule has 0 atom stereocenters. The van der Waals surface area contributed by atoms with E-state index < -0.39 is 50.6 Å². The quantitative estimate of drug-likeness (QED) is 0.632. The van der Waals surface area contributed by atoms with Gasteiger partial charge in [-0.25, -0.2) is 0 Å². The fourth-order valence-electron chi connectivity index (χ4n) is 2.04. The number of allylic oxidation sites excluding steroid dienone is 1. The van der Waals surface area contributed by atoms with Gasteiger partial charge in [0.05, 0.1) is 4.90 Å². The Morgan fingerprint density at radius 2 is 1.33 bits per heavy atom. The van der Waals surface area contributed by atoms with Gasteiger partial charge >= 0.3 is 0 Å². The van der Waals surface area contributed by atoms with E-state index in [1.165, 1.54) is 6.08 Å². The summed E-state index contributed by atoms with van der Waals surface area (Å²) in [6.45, 7) is 0. The van der Waals surface area contributed by atoms with Gasteiger partial charge < -0.3 is 0 Å². The van der Waals surface area contributed by atoms with Crippen LogP contribution in [0.15, 0.2) is 26.8 Å². The number of hydrogen-bond donors (Lipinski definition) is 3. The average Bonchev–Trinajstić information content (AvgIpc) is 2.70. The molecular weight excluding hydrogens is 348 g/mol. The molecule has 1 aliphatic rings. The lowest BCUT2D eigenvalue weighted by molar-refractivity contribution is 0.464. The standard InChI is InChI=1S/C9H8O9S3/c10-19(11,12)7-4-8(20(13,14)15)9(21(16,17)18)6-3-1-2-5(6)7/h1,3-4H,2H2,(H,10,11,12)(H,13,14,15)(H,16,17,18). The fraction of sp³-hybridized carbons (Fsp3) is 0.111. The highest BCUT2D eigenvalue weighted by atomic mass is 32.2. The van der Waals surface area contributed by atoms with Crippen LogP contribution in [0.3, 0.4) is 0 Å². The van der Waals surface area contributed by atoms with E-state index in [4.69, 9.17) is 13.7 Å². The minimum Gasteiger partial charge on any atom is -0.282 e. The molecule has 0 saturated carbocycles. The first kappa shape index (κ1) is 16.1. The Labute approximate surface area is 120 Å². The molecule has 12 heteroatoms. The van der Waals surface area contributed by atoms with Gasteiger partial charge in [0, 0.05) is 5.56 Å². The molecule has 116 valence electrons. The zero-order valence-corrected chi connectivity index (χ0v) is 12.4. The van der Waals surface area contributed by atoms with Gasteiger partial charge in [-0.15, -0.1) is 0 Å². The zero-order valence-electron chi connectivity index (χ0n) is 9.96. The molecule has 0 heterocycles. The van der Waals surface area contributed by atoms with E-state index in [1.54, 1.807) is 0 Å². The second kappa shape index (κ2) is 4.59. The Kier molecular flexibility index (Phi) is 3.51. The molecule has 1 aromatic carbocycles. The van der Waals surface area contributed by atoms with Gasteiger partial charge in [0.25, 0.3) is 30.4 Å². The topological polar surface area (TPSA) is 163 Å². The molecule has 0 unspecified atom stereocenters. The molecule has 0 fully saturated rings. The lowest BCUT2D eigenvalue weighted by atomic mass is 10.1. The molecule has 0 aromatic heterocycles. The maximum absolute atomic E-state index is 11.4. The summed E-state index contributed by atoms with van der Waals surface area (Å²) in [6.07, 6.45) is 2.28. The molecule has 3 N–H and O–H groups in total. The summed E-state index contributed by atoms with van der Waals surface area (Å²) in [5, 5.41) is 0. The van der Waals surface area contributed by atoms with Crippen molar-refractivity contribution in [3.8, 4) is 0 Å². The third-order valence-electron chi connectivity index (χ3n) is 2.77. The SMILES string of the molecule is O=S(=O)(O)c1cc(S(=O)(=O)O)c(S(=O)(=O)O)c2c1CC=C2. The first-order valence-electron chi connectivity index (χ1n) is 5.12. The van der Waals surface area contributed by atoms with E-state index in [1.807, 2.05) is 0 Å². The third kappa shape index (κ3) is 2.86. The maximum atomic E-state index is 11.4. The van der Waals surface area contributed by atoms with E-state index in [0.29, 0.717) is 6.07 Å². The molecule has 0 spiro atoms. The van der Waals surface area contributed by atoms with Crippen LogP contribution in [-0.2, 0) is 36.8 Å². The predicted octanol–water partition coefficient (Wildman–Crippen LogP) is -0.00400. The zero-order chi connectivity index (χ0) is 16.2. The van der Waals surface area contributed by atoms with Crippen molar-refractivity contribution in [1.82, 2.24) is 0 Å². The van der Waals surface area contributed by atoms with E-state index in [2.05, 4.69) is 0 Å². The molecule has 1 aromatic rings. The molecular formula is C9H8O9S3. The summed E-state index contributed by atoms with van der Waals surface area (Å²) in [7, 11) is -15.1. The Bertz CT molecular complexity index is 966. The summed E-state index contributed by atoms with van der Waals surface area (Å²) in [6, 6.07) is 0.291. The summed E-state index contributed by atoms with van der Waals surface area (Å²) >= 11 is 0. The van der Waals surface area contributed by atoms with E-state index in [0.717, 1.165) is 6.08 Å². The van der Waals surface area contributed by atoms with Crippen molar-refractivity contribution < 1.29 is 38.9 Å². The van der Waals surface area contributed by atoms with Crippen LogP contribution in [0.2, 0.25) is 0 Å². The minimum absolute atomic E-state index is 0.0985. The second-order valence-electron chi connectivity index (χ2n) is 4.13. The number of rotatable bonds is 3. The van der Waals surface area contributed by atoms with Crippen LogP contribution < -0.4 is 0 Å². The van der Waals surface area contributed by atoms with Gasteiger partial charge in [-0.05, 0) is 18.1 Å². The molecule has 21 heavy (non-hydrogen) atoms. The lowest BCUT2D eigenvalue weighted by Crippen LogP contribution is -2.14. The van der Waals surface area contributed by atoms with E-state index >= 15 is 0 Å². The van der Waals surface area contributed by atoms with Crippen LogP contribution in [0.1, 0.15) is 11.1 Å². The molecule has 1 aliphatic carbocycles. The molecule has 0 aliphatic heterocycles. The summed E-state index contributed by atoms with van der Waals surface area (Å²) in [5.41, 5.74) is -0.613. The first-order chi connectivity index (χ1) is 9.33. The average molecular weight is 356 g/mol. The van der Waals surface area contributed by atoms with E-state index in [-0.39, 0.29) is 12.0 Å². The van der Waals surface area contributed by atoms with Crippen LogP contribution in [0, 0.1) is 0 Å². The molecule has 0 radical (unpaired) electrons. The maximum Gasteiger partial charge on any atom is 0.296 e. The molecule has 9 nitrogen and oxygen atoms in total. The highest BCUT2D eigenvalue weighted by molar-refractivity contribution is 7.89. The lowest BCUT2D eigenvalue weighted by Gasteiger charge is -2.13. The second-order valence-corrected chi connectivity index (χ2v) is 8.26. The Morgan fingerprint density at radius 3 is 1.76 bits per heavy atom. The monoisotopic (exact) mass is 356 g/mol. The molecule has 0 bridgehead atoms. The number of hydrogen-bond acceptors (Lipinski definition) is 6. The van der Waals surface area contributed by atoms with Crippen molar-refractivity contribution in [2.75, 3.05) is 0 Å². The first-order valence-corrected chi connectivity index (χ1v) is 9.44. The van der Waals surface area contributed by atoms with Crippen LogP contribution in [0.4, 0.5) is 0 Å². The van der Waals surface area contributed by atoms with Crippen molar-refractivity contribution in [1.29, 1.82) is 0 Å². The fourth-order valence-corrected chi connectivity index (χ4v) is 4.91. The highest BCUT2D eigenvalue weighted by Gasteiger charge is 2.34. The van der Waals surface area contributed by atoms with Gasteiger partial charge in [-0.1, -0.05) is 12.2 Å². The van der Waals surface area contributed by atoms with Crippen molar-refractivity contribution >= 4 is 36.4 Å². The van der Waals surface area contributed by atoms with Crippen molar-refractivity contribution in [3.05, 3.63) is 23.3 Å². The summed E-state index contributed by atoms with van der Waals surface area (Å²) in [5.74, 6) is 0. The number of fused-ring (bicyclic) bond motifs is 1. The van der Waals surface area contributed by atoms with Gasteiger partial charge in [0.1, 0.15) is 9.79 Å². The summed E-state index contributed by atoms with van der Waals surface area (Å²) < 4.78 is 95.1. The van der Waals surface area contributed by atoms with Gasteiger partial charge in [-0.2, -0.15) is 25.3 Å². The normalized spacial score (nSPS) is 15.2. The Morgan fingerprint density at radius 1 is 0.810 bits per heavy atom. The minimum atomic E-state index is -5.17. The van der Waals surface area contributed by atoms with Crippen molar-refractivity contribution in [2.45, 2.75) is 21.1 Å². The summed E-state index contributed by atoms with van der Waals surface area (Å²) in [4.78, 5) is -3.33. The van der Waals surface area contributed by atoms with Crippen LogP contribution in [0.5, 0.6) is 0 Å². The number of benzene rings is 1. The smallest absolute Gasteiger partial charge is 0.282 e. The molecule has 2 rings (SSSR count). The van der Waals surface area contributed by atoms with Crippen LogP contribution in [-0.4, -0.2) is 38.9 Å². The van der Waals surface area contributed by atoms with Crippen LogP contribution in [0.25, 0.3) is 6.08 Å². The van der Waals surface area contributed by atoms with E-state index in [9.17, 15) is 25.3 Å². The predicted molar refractivity (Wildman–Crippen MR) is 68.6 cm³/mol. The Balaban J connectivity index is 3.12. The molecule has 0 saturated heterocycles. The van der Waals surface area contributed by atoms with Crippen molar-refractivity contribution in [3.63, 3.8) is 0 Å². The Hall–Kier alpha value is -1.31. The van der Waals surface area contributed by atoms with Gasteiger partial charge in [0.15, 0.2) is 0 Å². The molecule has 0 amide bonds.